The van der Waals surface area contributed by atoms with Crippen LogP contribution in [0.5, 0.6) is 0 Å². The second-order valence-electron chi connectivity index (χ2n) is 7.74. The van der Waals surface area contributed by atoms with Gasteiger partial charge < -0.3 is 9.88 Å². The molecular weight excluding hydrogens is 348 g/mol. The standard InChI is InChI=1S/C24H26N2O2/c1-17-6-8-18(9-7-17)24(28)19-12-14-26(15-13-19)23(27)11-10-20-16-25-22-5-3-2-4-21(20)22/h2-9,16,19,25H,10-15H2,1H3. The van der Waals surface area contributed by atoms with Gasteiger partial charge in [-0.3, -0.25) is 9.59 Å². The van der Waals surface area contributed by atoms with E-state index in [0.29, 0.717) is 19.5 Å². The summed E-state index contributed by atoms with van der Waals surface area (Å²) in [6, 6.07) is 16.0. The van der Waals surface area contributed by atoms with Crippen molar-refractivity contribution in [2.75, 3.05) is 13.1 Å². The van der Waals surface area contributed by atoms with Crippen LogP contribution in [0.1, 0.15) is 40.7 Å². The van der Waals surface area contributed by atoms with E-state index in [9.17, 15) is 9.59 Å². The second kappa shape index (κ2) is 8.01. The summed E-state index contributed by atoms with van der Waals surface area (Å²) in [6.07, 6.45) is 4.77. The predicted octanol–water partition coefficient (Wildman–Crippen LogP) is 4.53. The number of nitrogens with one attached hydrogen (secondary N) is 1. The average molecular weight is 374 g/mol. The van der Waals surface area contributed by atoms with Crippen molar-refractivity contribution in [3.05, 3.63) is 71.4 Å². The first kappa shape index (κ1) is 18.5. The minimum atomic E-state index is 0.0281. The molecule has 1 amide bonds. The van der Waals surface area contributed by atoms with Crippen molar-refractivity contribution in [2.45, 2.75) is 32.6 Å². The molecular formula is C24H26N2O2. The number of Topliss-reactive ketones (excluding diaryl/α,β-unsaturated/α-hetero) is 1. The number of nitrogens with zero attached hydrogens (tertiary/aromatic N) is 1. The van der Waals surface area contributed by atoms with Gasteiger partial charge >= 0.3 is 0 Å². The molecule has 4 rings (SSSR count). The molecule has 28 heavy (non-hydrogen) atoms. The van der Waals surface area contributed by atoms with Gasteiger partial charge in [0.2, 0.25) is 5.91 Å². The number of aromatic nitrogens is 1. The van der Waals surface area contributed by atoms with Crippen molar-refractivity contribution in [1.82, 2.24) is 9.88 Å². The first-order valence-corrected chi connectivity index (χ1v) is 10.1. The predicted molar refractivity (Wildman–Crippen MR) is 111 cm³/mol. The Hall–Kier alpha value is -2.88. The molecule has 0 unspecified atom stereocenters. The van der Waals surface area contributed by atoms with E-state index in [-0.39, 0.29) is 17.6 Å². The number of aryl methyl sites for hydroxylation is 2. The number of hydrogen-bond donors (Lipinski definition) is 1. The van der Waals surface area contributed by atoms with Crippen molar-refractivity contribution in [2.24, 2.45) is 5.92 Å². The van der Waals surface area contributed by atoms with Crippen LogP contribution >= 0.6 is 0 Å². The Labute approximate surface area is 165 Å². The number of carbonyl (C=O) groups is 2. The number of hydrogen-bond acceptors (Lipinski definition) is 2. The highest BCUT2D eigenvalue weighted by atomic mass is 16.2. The smallest absolute Gasteiger partial charge is 0.222 e. The molecule has 144 valence electrons. The topological polar surface area (TPSA) is 53.2 Å². The molecule has 4 nitrogen and oxygen atoms in total. The third-order valence-electron chi connectivity index (χ3n) is 5.84. The fourth-order valence-electron chi connectivity index (χ4n) is 4.08. The Morgan fingerprint density at radius 3 is 2.50 bits per heavy atom. The third kappa shape index (κ3) is 3.86. The molecule has 1 aliphatic heterocycles. The number of amides is 1. The van der Waals surface area contributed by atoms with Gasteiger partial charge in [0.1, 0.15) is 0 Å². The Morgan fingerprint density at radius 2 is 1.75 bits per heavy atom. The SMILES string of the molecule is Cc1ccc(C(=O)C2CCN(C(=O)CCc3c[nH]c4ccccc34)CC2)cc1. The van der Waals surface area contributed by atoms with Crippen LogP contribution in [-0.2, 0) is 11.2 Å². The van der Waals surface area contributed by atoms with Crippen LogP contribution in [0.2, 0.25) is 0 Å². The number of fused-ring (bicyclic) bond motifs is 1. The number of piperidine rings is 1. The lowest BCUT2D eigenvalue weighted by atomic mass is 9.88. The van der Waals surface area contributed by atoms with Gasteiger partial charge in [-0.15, -0.1) is 0 Å². The molecule has 0 saturated carbocycles. The van der Waals surface area contributed by atoms with Crippen molar-refractivity contribution < 1.29 is 9.59 Å². The molecule has 1 N–H and O–H groups in total. The second-order valence-corrected chi connectivity index (χ2v) is 7.74. The maximum atomic E-state index is 12.7. The Kier molecular flexibility index (Phi) is 5.29. The lowest BCUT2D eigenvalue weighted by Gasteiger charge is -2.31. The van der Waals surface area contributed by atoms with E-state index in [2.05, 4.69) is 17.1 Å². The van der Waals surface area contributed by atoms with Crippen molar-refractivity contribution in [3.8, 4) is 0 Å². The molecule has 1 aliphatic rings. The molecule has 4 heteroatoms. The number of para-hydroxylation sites is 1. The van der Waals surface area contributed by atoms with Gasteiger partial charge in [-0.1, -0.05) is 48.0 Å². The zero-order chi connectivity index (χ0) is 19.5. The molecule has 0 bridgehead atoms. The quantitative estimate of drug-likeness (QED) is 0.667. The fourth-order valence-corrected chi connectivity index (χ4v) is 4.08. The first-order chi connectivity index (χ1) is 13.6. The summed E-state index contributed by atoms with van der Waals surface area (Å²) in [4.78, 5) is 30.5. The first-order valence-electron chi connectivity index (χ1n) is 10.1. The van der Waals surface area contributed by atoms with Crippen LogP contribution in [0.15, 0.2) is 54.7 Å². The van der Waals surface area contributed by atoms with E-state index in [1.807, 2.05) is 54.4 Å². The highest BCUT2D eigenvalue weighted by Gasteiger charge is 2.27. The molecule has 2 heterocycles. The Bertz CT molecular complexity index is 979. The molecule has 0 aliphatic carbocycles. The molecule has 1 saturated heterocycles. The Balaban J connectivity index is 1.30. The monoisotopic (exact) mass is 374 g/mol. The summed E-state index contributed by atoms with van der Waals surface area (Å²) >= 11 is 0. The van der Waals surface area contributed by atoms with Gasteiger partial charge in [0.15, 0.2) is 5.78 Å². The minimum Gasteiger partial charge on any atom is -0.361 e. The summed E-state index contributed by atoms with van der Waals surface area (Å²) in [5, 5.41) is 1.19. The van der Waals surface area contributed by atoms with Gasteiger partial charge in [0.25, 0.3) is 0 Å². The number of likely N-dealkylation sites (tertiary alicyclic amines) is 1. The fraction of sp³-hybridized carbons (Fsp3) is 0.333. The summed E-state index contributed by atoms with van der Waals surface area (Å²) in [5.41, 5.74) is 4.25. The maximum Gasteiger partial charge on any atom is 0.222 e. The van der Waals surface area contributed by atoms with Crippen molar-refractivity contribution in [1.29, 1.82) is 0 Å². The molecule has 3 aromatic rings. The number of H-pyrrole nitrogens is 1. The summed E-state index contributed by atoms with van der Waals surface area (Å²) in [7, 11) is 0. The molecule has 0 spiro atoms. The van der Waals surface area contributed by atoms with Gasteiger partial charge in [-0.05, 0) is 37.8 Å². The number of rotatable bonds is 5. The molecule has 0 radical (unpaired) electrons. The van der Waals surface area contributed by atoms with Crippen molar-refractivity contribution >= 4 is 22.6 Å². The van der Waals surface area contributed by atoms with E-state index in [0.717, 1.165) is 35.9 Å². The number of ketones is 1. The molecule has 0 atom stereocenters. The van der Waals surface area contributed by atoms with Gasteiger partial charge in [-0.2, -0.15) is 0 Å². The van der Waals surface area contributed by atoms with Crippen LogP contribution in [0.25, 0.3) is 10.9 Å². The van der Waals surface area contributed by atoms with Gasteiger partial charge in [0, 0.05) is 48.1 Å². The highest BCUT2D eigenvalue weighted by molar-refractivity contribution is 5.98. The zero-order valence-corrected chi connectivity index (χ0v) is 16.3. The molecule has 1 fully saturated rings. The maximum absolute atomic E-state index is 12.7. The summed E-state index contributed by atoms with van der Waals surface area (Å²) < 4.78 is 0. The lowest BCUT2D eigenvalue weighted by Crippen LogP contribution is -2.40. The van der Waals surface area contributed by atoms with Gasteiger partial charge in [0.05, 0.1) is 0 Å². The summed E-state index contributed by atoms with van der Waals surface area (Å²) in [6.45, 7) is 3.37. The van der Waals surface area contributed by atoms with E-state index in [4.69, 9.17) is 0 Å². The highest BCUT2D eigenvalue weighted by Crippen LogP contribution is 2.24. The number of carbonyl (C=O) groups excluding carboxylic acids is 2. The summed E-state index contributed by atoms with van der Waals surface area (Å²) in [5.74, 6) is 0.429. The van der Waals surface area contributed by atoms with Crippen LogP contribution in [-0.4, -0.2) is 34.7 Å². The van der Waals surface area contributed by atoms with Crippen molar-refractivity contribution in [3.63, 3.8) is 0 Å². The van der Waals surface area contributed by atoms with E-state index < -0.39 is 0 Å². The molecule has 2 aromatic carbocycles. The van der Waals surface area contributed by atoms with E-state index in [1.54, 1.807) is 0 Å². The third-order valence-corrected chi connectivity index (χ3v) is 5.84. The largest absolute Gasteiger partial charge is 0.361 e. The van der Waals surface area contributed by atoms with Gasteiger partial charge in [-0.25, -0.2) is 0 Å². The normalized spacial score (nSPS) is 15.1. The minimum absolute atomic E-state index is 0.0281. The number of aromatic amines is 1. The number of benzene rings is 2. The molecule has 1 aromatic heterocycles. The lowest BCUT2D eigenvalue weighted by molar-refractivity contribution is -0.132. The van der Waals surface area contributed by atoms with E-state index in [1.165, 1.54) is 10.9 Å². The van der Waals surface area contributed by atoms with E-state index >= 15 is 0 Å². The zero-order valence-electron chi connectivity index (χ0n) is 16.3. The Morgan fingerprint density at radius 1 is 1.04 bits per heavy atom. The van der Waals surface area contributed by atoms with Crippen LogP contribution < -0.4 is 0 Å². The van der Waals surface area contributed by atoms with Crippen LogP contribution in [0.4, 0.5) is 0 Å². The van der Waals surface area contributed by atoms with Crippen LogP contribution in [0, 0.1) is 12.8 Å². The average Bonchev–Trinajstić information content (AvgIpc) is 3.15. The van der Waals surface area contributed by atoms with Crippen LogP contribution in [0.3, 0.4) is 0 Å².